The van der Waals surface area contributed by atoms with Gasteiger partial charge in [0.1, 0.15) is 0 Å². The first-order valence-corrected chi connectivity index (χ1v) is 8.30. The highest BCUT2D eigenvalue weighted by molar-refractivity contribution is 6.21. The van der Waals surface area contributed by atoms with E-state index in [1.807, 2.05) is 0 Å². The van der Waals surface area contributed by atoms with Gasteiger partial charge in [-0.25, -0.2) is 13.2 Å². The number of likely N-dealkylation sites (tertiary alicyclic amines) is 1. The molecule has 0 spiro atoms. The molecule has 0 N–H and O–H groups in total. The number of halogens is 3. The quantitative estimate of drug-likeness (QED) is 0.600. The molecule has 138 valence electrons. The number of fused-ring (bicyclic) bond motifs is 1. The summed E-state index contributed by atoms with van der Waals surface area (Å²) in [5, 5.41) is 0. The van der Waals surface area contributed by atoms with E-state index in [2.05, 4.69) is 0 Å². The maximum Gasteiger partial charge on any atom is 0.261 e. The van der Waals surface area contributed by atoms with Gasteiger partial charge in [-0.3, -0.25) is 19.3 Å². The van der Waals surface area contributed by atoms with Crippen LogP contribution in [0.4, 0.5) is 13.2 Å². The lowest BCUT2D eigenvalue weighted by molar-refractivity contribution is 0.0574. The zero-order valence-corrected chi connectivity index (χ0v) is 13.9. The minimum absolute atomic E-state index is 0.00272. The molecule has 0 radical (unpaired) electrons. The van der Waals surface area contributed by atoms with Crippen LogP contribution >= 0.6 is 0 Å². The normalized spacial score (nSPS) is 19.0. The van der Waals surface area contributed by atoms with Crippen LogP contribution in [0.2, 0.25) is 0 Å². The Hall–Kier alpha value is -3.16. The van der Waals surface area contributed by atoms with Gasteiger partial charge >= 0.3 is 0 Å². The molecule has 8 heteroatoms. The van der Waals surface area contributed by atoms with Crippen LogP contribution in [0, 0.1) is 17.5 Å². The van der Waals surface area contributed by atoms with E-state index >= 15 is 0 Å². The Morgan fingerprint density at radius 2 is 1.56 bits per heavy atom. The lowest BCUT2D eigenvalue weighted by atomic mass is 10.1. The highest BCUT2D eigenvalue weighted by Crippen LogP contribution is 2.29. The summed E-state index contributed by atoms with van der Waals surface area (Å²) in [4.78, 5) is 39.9. The van der Waals surface area contributed by atoms with Crippen LogP contribution in [0.3, 0.4) is 0 Å². The monoisotopic (exact) mass is 374 g/mol. The molecule has 2 aromatic rings. The van der Waals surface area contributed by atoms with E-state index in [1.165, 1.54) is 4.90 Å². The van der Waals surface area contributed by atoms with Crippen LogP contribution in [0.1, 0.15) is 37.5 Å². The third-order valence-corrected chi connectivity index (χ3v) is 4.91. The van der Waals surface area contributed by atoms with E-state index in [-0.39, 0.29) is 13.1 Å². The second kappa shape index (κ2) is 6.22. The van der Waals surface area contributed by atoms with Gasteiger partial charge in [-0.2, -0.15) is 0 Å². The Morgan fingerprint density at radius 1 is 0.926 bits per heavy atom. The second-order valence-corrected chi connectivity index (χ2v) is 6.44. The summed E-state index contributed by atoms with van der Waals surface area (Å²) in [7, 11) is 0. The molecule has 2 aliphatic heterocycles. The predicted molar refractivity (Wildman–Crippen MR) is 87.6 cm³/mol. The van der Waals surface area contributed by atoms with Crippen molar-refractivity contribution in [3.63, 3.8) is 0 Å². The summed E-state index contributed by atoms with van der Waals surface area (Å²) in [6.07, 6.45) is 0.322. The maximum absolute atomic E-state index is 13.9. The first kappa shape index (κ1) is 17.3. The average Bonchev–Trinajstić information content (AvgIpc) is 3.24. The molecule has 27 heavy (non-hydrogen) atoms. The topological polar surface area (TPSA) is 57.7 Å². The third kappa shape index (κ3) is 2.59. The van der Waals surface area contributed by atoms with Crippen molar-refractivity contribution >= 4 is 17.7 Å². The van der Waals surface area contributed by atoms with Gasteiger partial charge in [-0.05, 0) is 30.7 Å². The van der Waals surface area contributed by atoms with Crippen LogP contribution in [-0.2, 0) is 0 Å². The van der Waals surface area contributed by atoms with Gasteiger partial charge in [0.25, 0.3) is 17.7 Å². The largest absolute Gasteiger partial charge is 0.336 e. The molecule has 0 aromatic heterocycles. The number of carbonyl (C=O) groups excluding carboxylic acids is 3. The molecule has 0 bridgehead atoms. The molecule has 0 aliphatic carbocycles. The van der Waals surface area contributed by atoms with Crippen LogP contribution in [0.15, 0.2) is 36.4 Å². The molecular formula is C19H13F3N2O3. The summed E-state index contributed by atoms with van der Waals surface area (Å²) >= 11 is 0. The highest BCUT2D eigenvalue weighted by Gasteiger charge is 2.43. The molecule has 1 saturated heterocycles. The minimum Gasteiger partial charge on any atom is -0.336 e. The molecule has 2 heterocycles. The van der Waals surface area contributed by atoms with E-state index < -0.39 is 46.8 Å². The van der Waals surface area contributed by atoms with Gasteiger partial charge in [-0.15, -0.1) is 0 Å². The zero-order valence-electron chi connectivity index (χ0n) is 13.9. The van der Waals surface area contributed by atoms with Crippen molar-refractivity contribution in [2.45, 2.75) is 12.5 Å². The van der Waals surface area contributed by atoms with Gasteiger partial charge < -0.3 is 4.90 Å². The third-order valence-electron chi connectivity index (χ3n) is 4.91. The Morgan fingerprint density at radius 3 is 2.19 bits per heavy atom. The van der Waals surface area contributed by atoms with Gasteiger partial charge in [0.15, 0.2) is 17.5 Å². The Bertz CT molecular complexity index is 957. The number of amides is 3. The number of nitrogens with zero attached hydrogens (tertiary/aromatic N) is 2. The smallest absolute Gasteiger partial charge is 0.261 e. The lowest BCUT2D eigenvalue weighted by Gasteiger charge is -2.22. The van der Waals surface area contributed by atoms with Crippen molar-refractivity contribution in [3.8, 4) is 0 Å². The fourth-order valence-corrected chi connectivity index (χ4v) is 3.54. The Balaban J connectivity index is 1.55. The van der Waals surface area contributed by atoms with E-state index in [0.717, 1.165) is 11.0 Å². The fourth-order valence-electron chi connectivity index (χ4n) is 3.54. The van der Waals surface area contributed by atoms with Crippen LogP contribution < -0.4 is 0 Å². The molecule has 1 atom stereocenters. The molecule has 4 rings (SSSR count). The molecule has 2 aromatic carbocycles. The zero-order chi connectivity index (χ0) is 19.3. The maximum atomic E-state index is 13.9. The molecule has 5 nitrogen and oxygen atoms in total. The number of hydrogen-bond acceptors (Lipinski definition) is 3. The Kier molecular flexibility index (Phi) is 3.98. The number of rotatable bonds is 2. The van der Waals surface area contributed by atoms with Crippen molar-refractivity contribution in [2.75, 3.05) is 13.1 Å². The Labute approximate surface area is 152 Å². The molecule has 1 fully saturated rings. The van der Waals surface area contributed by atoms with Crippen LogP contribution in [0.5, 0.6) is 0 Å². The van der Waals surface area contributed by atoms with Gasteiger partial charge in [0, 0.05) is 13.1 Å². The van der Waals surface area contributed by atoms with Crippen LogP contribution in [0.25, 0.3) is 0 Å². The molecule has 1 unspecified atom stereocenters. The molecule has 2 aliphatic rings. The van der Waals surface area contributed by atoms with Gasteiger partial charge in [-0.1, -0.05) is 12.1 Å². The summed E-state index contributed by atoms with van der Waals surface area (Å²) in [6.45, 7) is 0.165. The van der Waals surface area contributed by atoms with E-state index in [4.69, 9.17) is 0 Å². The molecular weight excluding hydrogens is 361 g/mol. The summed E-state index contributed by atoms with van der Waals surface area (Å²) in [5.74, 6) is -6.33. The highest BCUT2D eigenvalue weighted by atomic mass is 19.2. The predicted octanol–water partition coefficient (Wildman–Crippen LogP) is 2.61. The number of carbonyl (C=O) groups is 3. The van der Waals surface area contributed by atoms with Gasteiger partial charge in [0.05, 0.1) is 22.7 Å². The second-order valence-electron chi connectivity index (χ2n) is 6.44. The number of benzene rings is 2. The molecule has 0 saturated carbocycles. The van der Waals surface area contributed by atoms with Gasteiger partial charge in [0.2, 0.25) is 0 Å². The summed E-state index contributed by atoms with van der Waals surface area (Å²) in [6, 6.07) is 7.44. The average molecular weight is 374 g/mol. The molecule has 3 amide bonds. The SMILES string of the molecule is O=C(c1ccc(F)c(F)c1F)N1CCC(N2C(=O)c3ccccc3C2=O)C1. The van der Waals surface area contributed by atoms with Crippen molar-refractivity contribution in [2.24, 2.45) is 0 Å². The van der Waals surface area contributed by atoms with Crippen LogP contribution in [-0.4, -0.2) is 46.7 Å². The summed E-state index contributed by atoms with van der Waals surface area (Å²) < 4.78 is 40.3. The fraction of sp³-hybridized carbons (Fsp3) is 0.211. The first-order valence-electron chi connectivity index (χ1n) is 8.30. The van der Waals surface area contributed by atoms with E-state index in [9.17, 15) is 27.6 Å². The summed E-state index contributed by atoms with van der Waals surface area (Å²) in [5.41, 5.74) is 0.0229. The lowest BCUT2D eigenvalue weighted by Crippen LogP contribution is -2.42. The van der Waals surface area contributed by atoms with Crippen molar-refractivity contribution in [1.82, 2.24) is 9.80 Å². The number of imide groups is 1. The standard InChI is InChI=1S/C19H13F3N2O3/c20-14-6-5-13(15(21)16(14)22)17(25)23-8-7-10(9-23)24-18(26)11-3-1-2-4-12(11)19(24)27/h1-6,10H,7-9H2. The first-order chi connectivity index (χ1) is 12.9. The minimum atomic E-state index is -1.71. The van der Waals surface area contributed by atoms with E-state index in [1.54, 1.807) is 24.3 Å². The van der Waals surface area contributed by atoms with Crippen molar-refractivity contribution < 1.29 is 27.6 Å². The van der Waals surface area contributed by atoms with Crippen molar-refractivity contribution in [3.05, 3.63) is 70.5 Å². The number of hydrogen-bond donors (Lipinski definition) is 0. The van der Waals surface area contributed by atoms with E-state index in [0.29, 0.717) is 23.6 Å². The van der Waals surface area contributed by atoms with Crippen molar-refractivity contribution in [1.29, 1.82) is 0 Å².